The smallest absolute Gasteiger partial charge is 0.255 e. The van der Waals surface area contributed by atoms with Crippen LogP contribution >= 0.6 is 15.9 Å². The number of halogens is 1. The number of benzene rings is 2. The van der Waals surface area contributed by atoms with Crippen LogP contribution in [0.2, 0.25) is 0 Å². The molecule has 0 radical (unpaired) electrons. The molecule has 0 aliphatic heterocycles. The Kier molecular flexibility index (Phi) is 7.24. The molecule has 25 heavy (non-hydrogen) atoms. The van der Waals surface area contributed by atoms with Gasteiger partial charge < -0.3 is 25.6 Å². The molecule has 0 aromatic heterocycles. The van der Waals surface area contributed by atoms with E-state index in [2.05, 4.69) is 21.2 Å². The van der Waals surface area contributed by atoms with E-state index in [1.807, 2.05) is 42.5 Å². The number of rotatable bonds is 9. The Morgan fingerprint density at radius 1 is 1.32 bits per heavy atom. The van der Waals surface area contributed by atoms with Gasteiger partial charge >= 0.3 is 0 Å². The number of hydrogen-bond donors (Lipinski definition) is 3. The molecule has 2 rings (SSSR count). The minimum atomic E-state index is -0.579. The van der Waals surface area contributed by atoms with Crippen LogP contribution < -0.4 is 20.5 Å². The van der Waals surface area contributed by atoms with Gasteiger partial charge in [-0.05, 0) is 39.2 Å². The maximum Gasteiger partial charge on any atom is 0.255 e. The van der Waals surface area contributed by atoms with Crippen molar-refractivity contribution < 1.29 is 19.4 Å². The van der Waals surface area contributed by atoms with Gasteiger partial charge in [-0.3, -0.25) is 4.79 Å². The summed E-state index contributed by atoms with van der Waals surface area (Å²) in [6.45, 7) is 0.731. The lowest BCUT2D eigenvalue weighted by Crippen LogP contribution is -2.21. The van der Waals surface area contributed by atoms with Gasteiger partial charge in [-0.25, -0.2) is 0 Å². The van der Waals surface area contributed by atoms with Crippen molar-refractivity contribution in [2.24, 2.45) is 5.73 Å². The number of hydrogen-bond acceptors (Lipinski definition) is 5. The number of nitrogens with one attached hydrogen (secondary N) is 1. The second-order valence-corrected chi connectivity index (χ2v) is 6.28. The maximum absolute atomic E-state index is 10.9. The standard InChI is InChI=1S/C18H21BrN2O4/c1-24-16-8-12(7-14(19)18(16)25-11-17(20)23)9-21-10-15(22)13-5-3-2-4-6-13/h2-8,15,21-22H,9-11H2,1H3,(H2,20,23). The molecule has 4 N–H and O–H groups in total. The number of amides is 1. The van der Waals surface area contributed by atoms with Crippen LogP contribution in [0.4, 0.5) is 0 Å². The summed E-state index contributed by atoms with van der Waals surface area (Å²) in [5.41, 5.74) is 6.91. The van der Waals surface area contributed by atoms with E-state index in [9.17, 15) is 9.90 Å². The minimum Gasteiger partial charge on any atom is -0.493 e. The quantitative estimate of drug-likeness (QED) is 0.590. The molecule has 134 valence electrons. The van der Waals surface area contributed by atoms with Crippen molar-refractivity contribution in [3.05, 3.63) is 58.1 Å². The molecule has 2 aromatic carbocycles. The van der Waals surface area contributed by atoms with Gasteiger partial charge in [0, 0.05) is 13.1 Å². The largest absolute Gasteiger partial charge is 0.493 e. The summed E-state index contributed by atoms with van der Waals surface area (Å²) < 4.78 is 11.3. The van der Waals surface area contributed by atoms with Gasteiger partial charge in [-0.15, -0.1) is 0 Å². The molecule has 1 amide bonds. The van der Waals surface area contributed by atoms with E-state index in [1.54, 1.807) is 0 Å². The van der Waals surface area contributed by atoms with Crippen LogP contribution in [0.3, 0.4) is 0 Å². The Labute approximate surface area is 155 Å². The Morgan fingerprint density at radius 2 is 2.04 bits per heavy atom. The molecule has 0 saturated heterocycles. The first-order chi connectivity index (χ1) is 12.0. The molecule has 0 fully saturated rings. The van der Waals surface area contributed by atoms with Crippen molar-refractivity contribution >= 4 is 21.8 Å². The van der Waals surface area contributed by atoms with Gasteiger partial charge in [0.05, 0.1) is 17.7 Å². The number of carbonyl (C=O) groups excluding carboxylic acids is 1. The number of nitrogens with two attached hydrogens (primary N) is 1. The summed E-state index contributed by atoms with van der Waals surface area (Å²) in [5, 5.41) is 13.4. The van der Waals surface area contributed by atoms with Crippen molar-refractivity contribution in [2.45, 2.75) is 12.6 Å². The zero-order chi connectivity index (χ0) is 18.2. The third-order valence-corrected chi connectivity index (χ3v) is 4.09. The van der Waals surface area contributed by atoms with E-state index in [4.69, 9.17) is 15.2 Å². The van der Waals surface area contributed by atoms with Crippen LogP contribution in [0.15, 0.2) is 46.9 Å². The topological polar surface area (TPSA) is 93.8 Å². The fourth-order valence-corrected chi connectivity index (χ4v) is 2.91. The van der Waals surface area contributed by atoms with Crippen LogP contribution in [0.25, 0.3) is 0 Å². The van der Waals surface area contributed by atoms with Crippen LogP contribution in [0.5, 0.6) is 11.5 Å². The first-order valence-electron chi connectivity index (χ1n) is 7.72. The Hall–Kier alpha value is -2.09. The summed E-state index contributed by atoms with van der Waals surface area (Å²) in [4.78, 5) is 10.9. The number of methoxy groups -OCH3 is 1. The molecule has 0 heterocycles. The van der Waals surface area contributed by atoms with Gasteiger partial charge in [0.2, 0.25) is 0 Å². The zero-order valence-corrected chi connectivity index (χ0v) is 15.5. The van der Waals surface area contributed by atoms with Crippen LogP contribution in [0.1, 0.15) is 17.2 Å². The summed E-state index contributed by atoms with van der Waals surface area (Å²) in [7, 11) is 1.52. The van der Waals surface area contributed by atoms with E-state index in [0.717, 1.165) is 11.1 Å². The SMILES string of the molecule is COc1cc(CNCC(O)c2ccccc2)cc(Br)c1OCC(N)=O. The van der Waals surface area contributed by atoms with Gasteiger partial charge in [0.1, 0.15) is 0 Å². The highest BCUT2D eigenvalue weighted by molar-refractivity contribution is 9.10. The molecule has 1 atom stereocenters. The second-order valence-electron chi connectivity index (χ2n) is 5.42. The third kappa shape index (κ3) is 5.74. The Bertz CT molecular complexity index is 710. The normalized spacial score (nSPS) is 11.8. The number of aliphatic hydroxyl groups excluding tert-OH is 1. The van der Waals surface area contributed by atoms with E-state index >= 15 is 0 Å². The summed E-state index contributed by atoms with van der Waals surface area (Å²) in [6, 6.07) is 13.1. The van der Waals surface area contributed by atoms with Crippen molar-refractivity contribution in [3.8, 4) is 11.5 Å². The van der Waals surface area contributed by atoms with Gasteiger partial charge in [0.25, 0.3) is 5.91 Å². The van der Waals surface area contributed by atoms with E-state index in [0.29, 0.717) is 29.1 Å². The first kappa shape index (κ1) is 19.2. The molecule has 0 bridgehead atoms. The highest BCUT2D eigenvalue weighted by Crippen LogP contribution is 2.36. The van der Waals surface area contributed by atoms with Gasteiger partial charge in [0.15, 0.2) is 18.1 Å². The third-order valence-electron chi connectivity index (χ3n) is 3.50. The minimum absolute atomic E-state index is 0.226. The van der Waals surface area contributed by atoms with Crippen molar-refractivity contribution in [2.75, 3.05) is 20.3 Å². The molecule has 6 nitrogen and oxygen atoms in total. The molecule has 0 aliphatic carbocycles. The number of aliphatic hydroxyl groups is 1. The predicted octanol–water partition coefficient (Wildman–Crippen LogP) is 2.14. The molecule has 0 spiro atoms. The molecule has 0 aliphatic rings. The van der Waals surface area contributed by atoms with Crippen LogP contribution in [-0.4, -0.2) is 31.3 Å². The maximum atomic E-state index is 10.9. The van der Waals surface area contributed by atoms with Crippen LogP contribution in [-0.2, 0) is 11.3 Å². The summed E-state index contributed by atoms with van der Waals surface area (Å²) in [6.07, 6.45) is -0.579. The number of primary amides is 1. The van der Waals surface area contributed by atoms with Gasteiger partial charge in [-0.2, -0.15) is 0 Å². The zero-order valence-electron chi connectivity index (χ0n) is 13.9. The van der Waals surface area contributed by atoms with Crippen molar-refractivity contribution in [1.29, 1.82) is 0 Å². The highest BCUT2D eigenvalue weighted by atomic mass is 79.9. The Balaban J connectivity index is 1.98. The van der Waals surface area contributed by atoms with E-state index < -0.39 is 12.0 Å². The van der Waals surface area contributed by atoms with E-state index in [-0.39, 0.29) is 6.61 Å². The average molecular weight is 409 g/mol. The highest BCUT2D eigenvalue weighted by Gasteiger charge is 2.13. The Morgan fingerprint density at radius 3 is 2.68 bits per heavy atom. The number of carbonyl (C=O) groups is 1. The molecule has 2 aromatic rings. The average Bonchev–Trinajstić information content (AvgIpc) is 2.60. The molecular formula is C18H21BrN2O4. The molecule has 1 unspecified atom stereocenters. The second kappa shape index (κ2) is 9.41. The monoisotopic (exact) mass is 408 g/mol. The summed E-state index contributed by atoms with van der Waals surface area (Å²) in [5.74, 6) is 0.361. The lowest BCUT2D eigenvalue weighted by molar-refractivity contribution is -0.119. The van der Waals surface area contributed by atoms with Crippen molar-refractivity contribution in [1.82, 2.24) is 5.32 Å². The number of ether oxygens (including phenoxy) is 2. The van der Waals surface area contributed by atoms with Crippen molar-refractivity contribution in [3.63, 3.8) is 0 Å². The molecular weight excluding hydrogens is 388 g/mol. The predicted molar refractivity (Wildman–Crippen MR) is 98.5 cm³/mol. The van der Waals surface area contributed by atoms with Crippen LogP contribution in [0, 0.1) is 0 Å². The fraction of sp³-hybridized carbons (Fsp3) is 0.278. The fourth-order valence-electron chi connectivity index (χ4n) is 2.30. The van der Waals surface area contributed by atoms with E-state index in [1.165, 1.54) is 7.11 Å². The molecule has 0 saturated carbocycles. The van der Waals surface area contributed by atoms with Gasteiger partial charge in [-0.1, -0.05) is 30.3 Å². The summed E-state index contributed by atoms with van der Waals surface area (Å²) >= 11 is 3.41. The lowest BCUT2D eigenvalue weighted by atomic mass is 10.1. The molecule has 7 heteroatoms. The lowest BCUT2D eigenvalue weighted by Gasteiger charge is -2.15. The first-order valence-corrected chi connectivity index (χ1v) is 8.51.